The van der Waals surface area contributed by atoms with Gasteiger partial charge in [0.1, 0.15) is 11.6 Å². The van der Waals surface area contributed by atoms with Crippen LogP contribution in [0.2, 0.25) is 0 Å². The minimum atomic E-state index is -0.933. The van der Waals surface area contributed by atoms with Crippen LogP contribution < -0.4 is 5.32 Å². The fourth-order valence-corrected chi connectivity index (χ4v) is 1.09. The molecule has 1 rings (SSSR count). The number of phenols is 1. The summed E-state index contributed by atoms with van der Waals surface area (Å²) in [5.41, 5.74) is 0.106. The number of hydrogen-bond donors (Lipinski definition) is 3. The van der Waals surface area contributed by atoms with Crippen LogP contribution in [0.4, 0.5) is 4.39 Å². The third kappa shape index (κ3) is 2.40. The summed E-state index contributed by atoms with van der Waals surface area (Å²) in [6.45, 7) is 0.250. The molecule has 0 saturated heterocycles. The molecule has 13 heavy (non-hydrogen) atoms. The van der Waals surface area contributed by atoms with Crippen LogP contribution >= 0.6 is 0 Å². The van der Waals surface area contributed by atoms with Gasteiger partial charge < -0.3 is 15.5 Å². The van der Waals surface area contributed by atoms with Gasteiger partial charge in [0.2, 0.25) is 0 Å². The van der Waals surface area contributed by atoms with Crippen LogP contribution in [0.3, 0.4) is 0 Å². The smallest absolute Gasteiger partial charge is 0.129 e. The van der Waals surface area contributed by atoms with E-state index in [4.69, 9.17) is 5.11 Å². The van der Waals surface area contributed by atoms with E-state index in [0.717, 1.165) is 6.07 Å². The van der Waals surface area contributed by atoms with Gasteiger partial charge in [-0.25, -0.2) is 4.39 Å². The summed E-state index contributed by atoms with van der Waals surface area (Å²) in [6, 6.07) is 3.59. The Morgan fingerprint density at radius 3 is 2.85 bits per heavy atom. The van der Waals surface area contributed by atoms with E-state index in [1.165, 1.54) is 12.1 Å². The minimum absolute atomic E-state index is 0.0495. The van der Waals surface area contributed by atoms with Gasteiger partial charge in [-0.3, -0.25) is 0 Å². The van der Waals surface area contributed by atoms with Gasteiger partial charge in [-0.15, -0.1) is 0 Å². The third-order valence-corrected chi connectivity index (χ3v) is 1.74. The Kier molecular flexibility index (Phi) is 3.22. The van der Waals surface area contributed by atoms with Crippen molar-refractivity contribution in [3.8, 4) is 5.75 Å². The highest BCUT2D eigenvalue weighted by Crippen LogP contribution is 2.21. The van der Waals surface area contributed by atoms with E-state index >= 15 is 0 Å². The number of halogens is 1. The number of hydrogen-bond acceptors (Lipinski definition) is 3. The van der Waals surface area contributed by atoms with E-state index in [9.17, 15) is 9.50 Å². The van der Waals surface area contributed by atoms with Crippen LogP contribution in [0.25, 0.3) is 0 Å². The summed E-state index contributed by atoms with van der Waals surface area (Å²) >= 11 is 0. The van der Waals surface area contributed by atoms with E-state index in [2.05, 4.69) is 5.32 Å². The molecule has 0 heterocycles. The second-order valence-electron chi connectivity index (χ2n) is 2.78. The molecule has 4 heteroatoms. The van der Waals surface area contributed by atoms with Crippen LogP contribution in [0.5, 0.6) is 5.75 Å². The van der Waals surface area contributed by atoms with Gasteiger partial charge >= 0.3 is 0 Å². The van der Waals surface area contributed by atoms with E-state index < -0.39 is 11.9 Å². The molecule has 1 aromatic carbocycles. The van der Waals surface area contributed by atoms with Crippen molar-refractivity contribution in [2.45, 2.75) is 6.10 Å². The number of aromatic hydroxyl groups is 1. The van der Waals surface area contributed by atoms with E-state index in [-0.39, 0.29) is 17.9 Å². The van der Waals surface area contributed by atoms with Crippen molar-refractivity contribution >= 4 is 0 Å². The molecule has 3 nitrogen and oxygen atoms in total. The van der Waals surface area contributed by atoms with Crippen molar-refractivity contribution in [2.24, 2.45) is 0 Å². The maximum Gasteiger partial charge on any atom is 0.129 e. The van der Waals surface area contributed by atoms with Crippen LogP contribution in [0, 0.1) is 5.82 Å². The molecular formula is C9H12FNO2. The molecule has 72 valence electrons. The Balaban J connectivity index is 2.91. The number of rotatable bonds is 3. The first-order chi connectivity index (χ1) is 6.15. The number of phenolic OH excluding ortho intramolecular Hbond substituents is 1. The molecule has 0 aliphatic rings. The standard InChI is InChI=1S/C9H12FNO2/c1-11-5-9(13)7-4-6(12)2-3-8(7)10/h2-4,9,11-13H,5H2,1H3/t9-/m0/s1. The first-order valence-corrected chi connectivity index (χ1v) is 3.96. The predicted molar refractivity (Wildman–Crippen MR) is 47.0 cm³/mol. The Bertz CT molecular complexity index is 291. The average Bonchev–Trinajstić information content (AvgIpc) is 2.09. The summed E-state index contributed by atoms with van der Waals surface area (Å²) in [4.78, 5) is 0. The Hall–Kier alpha value is -1.13. The van der Waals surface area contributed by atoms with E-state index in [0.29, 0.717) is 0 Å². The monoisotopic (exact) mass is 185 g/mol. The molecule has 1 atom stereocenters. The van der Waals surface area contributed by atoms with Crippen LogP contribution in [-0.4, -0.2) is 23.8 Å². The van der Waals surface area contributed by atoms with E-state index in [1.807, 2.05) is 0 Å². The zero-order valence-electron chi connectivity index (χ0n) is 7.29. The minimum Gasteiger partial charge on any atom is -0.508 e. The van der Waals surface area contributed by atoms with Crippen LogP contribution in [0.1, 0.15) is 11.7 Å². The van der Waals surface area contributed by atoms with Gasteiger partial charge in [0.25, 0.3) is 0 Å². The number of likely N-dealkylation sites (N-methyl/N-ethyl adjacent to an activating group) is 1. The highest BCUT2D eigenvalue weighted by molar-refractivity contribution is 5.30. The zero-order valence-corrected chi connectivity index (χ0v) is 7.29. The highest BCUT2D eigenvalue weighted by Gasteiger charge is 2.12. The molecule has 0 fully saturated rings. The third-order valence-electron chi connectivity index (χ3n) is 1.74. The topological polar surface area (TPSA) is 52.5 Å². The molecule has 0 saturated carbocycles. The lowest BCUT2D eigenvalue weighted by molar-refractivity contribution is 0.172. The van der Waals surface area contributed by atoms with Gasteiger partial charge in [0.15, 0.2) is 0 Å². The lowest BCUT2D eigenvalue weighted by atomic mass is 10.1. The average molecular weight is 185 g/mol. The normalized spacial score (nSPS) is 12.8. The number of aliphatic hydroxyl groups excluding tert-OH is 1. The predicted octanol–water partition coefficient (Wildman–Crippen LogP) is 0.784. The van der Waals surface area contributed by atoms with Crippen LogP contribution in [0.15, 0.2) is 18.2 Å². The number of nitrogens with one attached hydrogen (secondary N) is 1. The SMILES string of the molecule is CNC[C@H](O)c1cc(O)ccc1F. The van der Waals surface area contributed by atoms with Crippen molar-refractivity contribution in [1.29, 1.82) is 0 Å². The molecule has 0 unspecified atom stereocenters. The second-order valence-corrected chi connectivity index (χ2v) is 2.78. The zero-order chi connectivity index (χ0) is 9.84. The lowest BCUT2D eigenvalue weighted by Gasteiger charge is -2.11. The largest absolute Gasteiger partial charge is 0.508 e. The Labute approximate surface area is 75.8 Å². The van der Waals surface area contributed by atoms with Gasteiger partial charge in [-0.05, 0) is 25.2 Å². The van der Waals surface area contributed by atoms with Crippen molar-refractivity contribution in [3.05, 3.63) is 29.6 Å². The molecule has 0 bridgehead atoms. The Morgan fingerprint density at radius 1 is 1.54 bits per heavy atom. The highest BCUT2D eigenvalue weighted by atomic mass is 19.1. The van der Waals surface area contributed by atoms with Crippen LogP contribution in [-0.2, 0) is 0 Å². The molecule has 0 aliphatic carbocycles. The van der Waals surface area contributed by atoms with Crippen molar-refractivity contribution < 1.29 is 14.6 Å². The summed E-state index contributed by atoms with van der Waals surface area (Å²) in [5.74, 6) is -0.563. The van der Waals surface area contributed by atoms with Gasteiger partial charge in [-0.1, -0.05) is 0 Å². The first kappa shape index (κ1) is 9.95. The molecular weight excluding hydrogens is 173 g/mol. The van der Waals surface area contributed by atoms with Gasteiger partial charge in [-0.2, -0.15) is 0 Å². The number of benzene rings is 1. The summed E-state index contributed by atoms with van der Waals surface area (Å²) in [7, 11) is 1.66. The van der Waals surface area contributed by atoms with Crippen molar-refractivity contribution in [2.75, 3.05) is 13.6 Å². The fourth-order valence-electron chi connectivity index (χ4n) is 1.09. The molecule has 3 N–H and O–H groups in total. The molecule has 0 amide bonds. The lowest BCUT2D eigenvalue weighted by Crippen LogP contribution is -2.17. The van der Waals surface area contributed by atoms with E-state index in [1.54, 1.807) is 7.05 Å². The number of aliphatic hydroxyl groups is 1. The van der Waals surface area contributed by atoms with Gasteiger partial charge in [0, 0.05) is 12.1 Å². The Morgan fingerprint density at radius 2 is 2.23 bits per heavy atom. The molecule has 0 aromatic heterocycles. The molecule has 1 aromatic rings. The summed E-state index contributed by atoms with van der Waals surface area (Å²) in [6.07, 6.45) is -0.933. The molecule has 0 radical (unpaired) electrons. The quantitative estimate of drug-likeness (QED) is 0.652. The maximum absolute atomic E-state index is 13.0. The fraction of sp³-hybridized carbons (Fsp3) is 0.333. The molecule has 0 aliphatic heterocycles. The molecule has 0 spiro atoms. The summed E-state index contributed by atoms with van der Waals surface area (Å²) in [5, 5.41) is 21.2. The van der Waals surface area contributed by atoms with Crippen molar-refractivity contribution in [3.63, 3.8) is 0 Å². The first-order valence-electron chi connectivity index (χ1n) is 3.96. The van der Waals surface area contributed by atoms with Crippen molar-refractivity contribution in [1.82, 2.24) is 5.32 Å². The maximum atomic E-state index is 13.0. The summed E-state index contributed by atoms with van der Waals surface area (Å²) < 4.78 is 13.0. The van der Waals surface area contributed by atoms with Gasteiger partial charge in [0.05, 0.1) is 6.10 Å². The second kappa shape index (κ2) is 4.20.